The van der Waals surface area contributed by atoms with Crippen molar-refractivity contribution < 1.29 is 0 Å². The number of rotatable bonds is 8. The van der Waals surface area contributed by atoms with Gasteiger partial charge >= 0.3 is 0 Å². The number of nitrogens with one attached hydrogen (secondary N) is 2. The molecule has 0 atom stereocenters. The zero-order chi connectivity index (χ0) is 14.8. The number of nitrogens with zero attached hydrogens (tertiary/aromatic N) is 2. The molecule has 1 aromatic heterocycles. The SMILES string of the molecule is CCCCN=C(NC1CCCC1)SCCCc1cnc[nH]1. The fourth-order valence-corrected chi connectivity index (χ4v) is 3.48. The maximum atomic E-state index is 4.76. The van der Waals surface area contributed by atoms with Crippen LogP contribution in [0.1, 0.15) is 57.6 Å². The van der Waals surface area contributed by atoms with Crippen molar-refractivity contribution in [3.8, 4) is 0 Å². The van der Waals surface area contributed by atoms with Crippen LogP contribution in [-0.4, -0.2) is 33.5 Å². The van der Waals surface area contributed by atoms with Gasteiger partial charge in [0.25, 0.3) is 0 Å². The van der Waals surface area contributed by atoms with E-state index < -0.39 is 0 Å². The second-order valence-electron chi connectivity index (χ2n) is 5.70. The molecule has 0 bridgehead atoms. The maximum absolute atomic E-state index is 4.76. The summed E-state index contributed by atoms with van der Waals surface area (Å²) in [6.07, 6.45) is 13.6. The molecule has 1 aliphatic carbocycles. The average Bonchev–Trinajstić information content (AvgIpc) is 3.17. The first-order valence-electron chi connectivity index (χ1n) is 8.29. The quantitative estimate of drug-likeness (QED) is 0.437. The number of aryl methyl sites for hydroxylation is 1. The van der Waals surface area contributed by atoms with E-state index >= 15 is 0 Å². The van der Waals surface area contributed by atoms with Crippen LogP contribution in [0.4, 0.5) is 0 Å². The van der Waals surface area contributed by atoms with E-state index in [4.69, 9.17) is 4.99 Å². The van der Waals surface area contributed by atoms with Gasteiger partial charge in [0.05, 0.1) is 6.33 Å². The number of amidine groups is 1. The van der Waals surface area contributed by atoms with Crippen molar-refractivity contribution >= 4 is 16.9 Å². The minimum absolute atomic E-state index is 0.658. The average molecular weight is 308 g/mol. The van der Waals surface area contributed by atoms with Crippen LogP contribution >= 0.6 is 11.8 Å². The molecular formula is C16H28N4S. The van der Waals surface area contributed by atoms with E-state index in [1.807, 2.05) is 18.0 Å². The Labute approximate surface area is 132 Å². The summed E-state index contributed by atoms with van der Waals surface area (Å²) in [6, 6.07) is 0.658. The predicted molar refractivity (Wildman–Crippen MR) is 92.0 cm³/mol. The molecule has 0 spiro atoms. The number of thioether (sulfide) groups is 1. The second kappa shape index (κ2) is 9.87. The molecule has 0 aromatic carbocycles. The van der Waals surface area contributed by atoms with E-state index in [2.05, 4.69) is 22.2 Å². The van der Waals surface area contributed by atoms with Gasteiger partial charge in [-0.05, 0) is 32.1 Å². The number of imidazole rings is 1. The van der Waals surface area contributed by atoms with Gasteiger partial charge in [-0.1, -0.05) is 37.9 Å². The Morgan fingerprint density at radius 2 is 2.29 bits per heavy atom. The predicted octanol–water partition coefficient (Wildman–Crippen LogP) is 3.76. The topological polar surface area (TPSA) is 53.1 Å². The molecule has 2 N–H and O–H groups in total. The number of hydrogen-bond donors (Lipinski definition) is 2. The Balaban J connectivity index is 1.70. The highest BCUT2D eigenvalue weighted by molar-refractivity contribution is 8.13. The fourth-order valence-electron chi connectivity index (χ4n) is 2.57. The van der Waals surface area contributed by atoms with Gasteiger partial charge in [-0.25, -0.2) is 4.98 Å². The Bertz CT molecular complexity index is 396. The fraction of sp³-hybridized carbons (Fsp3) is 0.750. The van der Waals surface area contributed by atoms with E-state index in [1.54, 1.807) is 6.33 Å². The van der Waals surface area contributed by atoms with Crippen molar-refractivity contribution in [1.29, 1.82) is 0 Å². The summed E-state index contributed by atoms with van der Waals surface area (Å²) in [5.74, 6) is 1.11. The molecule has 1 aliphatic rings. The van der Waals surface area contributed by atoms with E-state index in [0.29, 0.717) is 6.04 Å². The van der Waals surface area contributed by atoms with Crippen LogP contribution in [0.15, 0.2) is 17.5 Å². The molecule has 118 valence electrons. The number of unbranched alkanes of at least 4 members (excludes halogenated alkanes) is 1. The third-order valence-corrected chi connectivity index (χ3v) is 4.85. The molecule has 5 heteroatoms. The summed E-state index contributed by atoms with van der Waals surface area (Å²) in [7, 11) is 0. The highest BCUT2D eigenvalue weighted by Gasteiger charge is 2.16. The molecule has 0 amide bonds. The molecule has 21 heavy (non-hydrogen) atoms. The molecule has 2 rings (SSSR count). The van der Waals surface area contributed by atoms with Crippen molar-refractivity contribution in [2.45, 2.75) is 64.3 Å². The van der Waals surface area contributed by atoms with E-state index in [1.165, 1.54) is 49.4 Å². The molecule has 0 unspecified atom stereocenters. The van der Waals surface area contributed by atoms with Crippen molar-refractivity contribution in [3.05, 3.63) is 18.2 Å². The van der Waals surface area contributed by atoms with Gasteiger partial charge in [0.1, 0.15) is 0 Å². The van der Waals surface area contributed by atoms with Crippen LogP contribution in [0.25, 0.3) is 0 Å². The molecule has 0 saturated heterocycles. The largest absolute Gasteiger partial charge is 0.362 e. The molecule has 1 saturated carbocycles. The highest BCUT2D eigenvalue weighted by Crippen LogP contribution is 2.19. The number of H-pyrrole nitrogens is 1. The first-order valence-corrected chi connectivity index (χ1v) is 9.28. The van der Waals surface area contributed by atoms with Crippen LogP contribution < -0.4 is 5.32 Å². The second-order valence-corrected chi connectivity index (χ2v) is 6.78. The lowest BCUT2D eigenvalue weighted by atomic mass is 10.3. The smallest absolute Gasteiger partial charge is 0.156 e. The van der Waals surface area contributed by atoms with Crippen molar-refractivity contribution in [2.24, 2.45) is 4.99 Å². The molecule has 1 fully saturated rings. The Morgan fingerprint density at radius 1 is 1.43 bits per heavy atom. The van der Waals surface area contributed by atoms with Crippen molar-refractivity contribution in [3.63, 3.8) is 0 Å². The van der Waals surface area contributed by atoms with Gasteiger partial charge in [-0.2, -0.15) is 0 Å². The van der Waals surface area contributed by atoms with E-state index in [0.717, 1.165) is 25.1 Å². The van der Waals surface area contributed by atoms with E-state index in [-0.39, 0.29) is 0 Å². The molecule has 4 nitrogen and oxygen atoms in total. The molecular weight excluding hydrogens is 280 g/mol. The van der Waals surface area contributed by atoms with Gasteiger partial charge in [-0.15, -0.1) is 0 Å². The van der Waals surface area contributed by atoms with Gasteiger partial charge in [-0.3, -0.25) is 4.99 Å². The number of hydrogen-bond acceptors (Lipinski definition) is 3. The van der Waals surface area contributed by atoms with Crippen LogP contribution in [0.5, 0.6) is 0 Å². The summed E-state index contributed by atoms with van der Waals surface area (Å²) in [4.78, 5) is 12.0. The number of aromatic amines is 1. The lowest BCUT2D eigenvalue weighted by Crippen LogP contribution is -2.31. The first-order chi connectivity index (χ1) is 10.4. The van der Waals surface area contributed by atoms with Gasteiger partial charge < -0.3 is 10.3 Å². The normalized spacial score (nSPS) is 16.5. The summed E-state index contributed by atoms with van der Waals surface area (Å²) < 4.78 is 0. The van der Waals surface area contributed by atoms with E-state index in [9.17, 15) is 0 Å². The summed E-state index contributed by atoms with van der Waals surface area (Å²) >= 11 is 1.89. The van der Waals surface area contributed by atoms with Gasteiger partial charge in [0.2, 0.25) is 0 Å². The minimum Gasteiger partial charge on any atom is -0.362 e. The third kappa shape index (κ3) is 6.55. The molecule has 1 aromatic rings. The van der Waals surface area contributed by atoms with Crippen molar-refractivity contribution in [1.82, 2.24) is 15.3 Å². The lowest BCUT2D eigenvalue weighted by molar-refractivity contribution is 0.633. The van der Waals surface area contributed by atoms with Crippen LogP contribution in [0.2, 0.25) is 0 Å². The monoisotopic (exact) mass is 308 g/mol. The summed E-state index contributed by atoms with van der Waals surface area (Å²) in [6.45, 7) is 3.18. The van der Waals surface area contributed by atoms with Crippen LogP contribution in [-0.2, 0) is 6.42 Å². The Hall–Kier alpha value is -0.970. The zero-order valence-electron chi connectivity index (χ0n) is 13.1. The Kier molecular flexibility index (Phi) is 7.71. The number of aliphatic imine (C=N–C) groups is 1. The van der Waals surface area contributed by atoms with Crippen molar-refractivity contribution in [2.75, 3.05) is 12.3 Å². The number of aromatic nitrogens is 2. The summed E-state index contributed by atoms with van der Waals surface area (Å²) in [5.41, 5.74) is 1.23. The van der Waals surface area contributed by atoms with Crippen LogP contribution in [0.3, 0.4) is 0 Å². The Morgan fingerprint density at radius 3 is 3.00 bits per heavy atom. The van der Waals surface area contributed by atoms with Gasteiger partial charge in [0.15, 0.2) is 5.17 Å². The minimum atomic E-state index is 0.658. The molecule has 0 aliphatic heterocycles. The molecule has 1 heterocycles. The third-order valence-electron chi connectivity index (χ3n) is 3.83. The maximum Gasteiger partial charge on any atom is 0.156 e. The highest BCUT2D eigenvalue weighted by atomic mass is 32.2. The molecule has 0 radical (unpaired) electrons. The standard InChI is InChI=1S/C16H28N4S/c1-2-3-10-18-16(20-14-7-4-5-8-14)21-11-6-9-15-12-17-13-19-15/h12-14H,2-11H2,1H3,(H,17,19)(H,18,20). The lowest BCUT2D eigenvalue weighted by Gasteiger charge is -2.15. The zero-order valence-corrected chi connectivity index (χ0v) is 13.9. The first kappa shape index (κ1) is 16.4. The van der Waals surface area contributed by atoms with Gasteiger partial charge in [0, 0.05) is 30.2 Å². The summed E-state index contributed by atoms with van der Waals surface area (Å²) in [5, 5.41) is 4.83. The van der Waals surface area contributed by atoms with Crippen LogP contribution in [0, 0.1) is 0 Å².